The molecule has 0 radical (unpaired) electrons. The number of hydrogen-bond donors (Lipinski definition) is 1. The van der Waals surface area contributed by atoms with Crippen LogP contribution >= 0.6 is 28.7 Å². The number of anilines is 1. The number of hydrogen-bond acceptors (Lipinski definition) is 3. The topological polar surface area (TPSA) is 15.3 Å². The fraction of sp³-hybridized carbons (Fsp3) is 0.294. The quantitative estimate of drug-likeness (QED) is 0.880. The Morgan fingerprint density at radius 1 is 1.00 bits per heavy atom. The molecule has 1 aliphatic rings. The van der Waals surface area contributed by atoms with Crippen LogP contribution < -0.4 is 10.2 Å². The van der Waals surface area contributed by atoms with Crippen molar-refractivity contribution in [1.82, 2.24) is 5.32 Å². The van der Waals surface area contributed by atoms with E-state index < -0.39 is 0 Å². The highest BCUT2D eigenvalue weighted by atomic mass is 79.9. The lowest BCUT2D eigenvalue weighted by atomic mass is 10.2. The first-order chi connectivity index (χ1) is 9.83. The molecule has 2 aromatic carbocycles. The van der Waals surface area contributed by atoms with Gasteiger partial charge < -0.3 is 10.2 Å². The van der Waals surface area contributed by atoms with Gasteiger partial charge in [0.15, 0.2) is 0 Å². The number of nitrogens with one attached hydrogen (secondary N) is 1. The third-order valence-electron chi connectivity index (χ3n) is 3.54. The van der Waals surface area contributed by atoms with Gasteiger partial charge in [-0.15, -0.1) is 17.0 Å². The summed E-state index contributed by atoms with van der Waals surface area (Å²) in [5.74, 6) is 0. The maximum Gasteiger partial charge on any atom is 0.0508 e. The van der Waals surface area contributed by atoms with E-state index in [1.165, 1.54) is 21.0 Å². The Bertz CT molecular complexity index is 583. The van der Waals surface area contributed by atoms with E-state index >= 15 is 0 Å². The van der Waals surface area contributed by atoms with Crippen molar-refractivity contribution in [3.8, 4) is 0 Å². The van der Waals surface area contributed by atoms with E-state index in [4.69, 9.17) is 0 Å². The summed E-state index contributed by atoms with van der Waals surface area (Å²) in [6, 6.07) is 17.4. The molecule has 4 heteroatoms. The van der Waals surface area contributed by atoms with Gasteiger partial charge in [0.2, 0.25) is 0 Å². The van der Waals surface area contributed by atoms with E-state index in [9.17, 15) is 0 Å². The molecule has 2 aromatic rings. The largest absolute Gasteiger partial charge is 0.368 e. The number of halogens is 1. The van der Waals surface area contributed by atoms with Gasteiger partial charge in [0.25, 0.3) is 0 Å². The second kappa shape index (κ2) is 7.87. The molecule has 2 nitrogen and oxygen atoms in total. The summed E-state index contributed by atoms with van der Waals surface area (Å²) in [4.78, 5) is 5.14. The first-order valence-electron chi connectivity index (χ1n) is 7.12. The molecule has 1 heterocycles. The Kier molecular flexibility index (Phi) is 6.15. The minimum Gasteiger partial charge on any atom is -0.368 e. The molecule has 3 rings (SSSR count). The first kappa shape index (κ1) is 16.4. The van der Waals surface area contributed by atoms with Crippen LogP contribution in [0.1, 0.15) is 5.56 Å². The van der Waals surface area contributed by atoms with Gasteiger partial charge >= 0.3 is 0 Å². The smallest absolute Gasteiger partial charge is 0.0508 e. The van der Waals surface area contributed by atoms with Crippen LogP contribution in [0.25, 0.3) is 0 Å². The Balaban J connectivity index is 0.00000161. The Hall–Kier alpha value is -0.970. The van der Waals surface area contributed by atoms with Crippen molar-refractivity contribution in [2.24, 2.45) is 0 Å². The van der Waals surface area contributed by atoms with E-state index in [1.54, 1.807) is 0 Å². The van der Waals surface area contributed by atoms with Crippen molar-refractivity contribution in [1.29, 1.82) is 0 Å². The van der Waals surface area contributed by atoms with Crippen LogP contribution in [0.2, 0.25) is 0 Å². The predicted octanol–water partition coefficient (Wildman–Crippen LogP) is 4.13. The van der Waals surface area contributed by atoms with Gasteiger partial charge in [0.05, 0.1) is 5.69 Å². The lowest BCUT2D eigenvalue weighted by Crippen LogP contribution is -2.43. The van der Waals surface area contributed by atoms with Gasteiger partial charge in [0, 0.05) is 36.0 Å². The fourth-order valence-electron chi connectivity index (χ4n) is 2.52. The fourth-order valence-corrected chi connectivity index (χ4v) is 3.61. The molecule has 0 unspecified atom stereocenters. The third-order valence-corrected chi connectivity index (χ3v) is 4.60. The van der Waals surface area contributed by atoms with Crippen molar-refractivity contribution in [2.75, 3.05) is 31.1 Å². The average molecular weight is 365 g/mol. The molecular weight excluding hydrogens is 344 g/mol. The molecule has 0 atom stereocenters. The number of aryl methyl sites for hydroxylation is 1. The summed E-state index contributed by atoms with van der Waals surface area (Å²) in [7, 11) is 0. The zero-order valence-electron chi connectivity index (χ0n) is 12.2. The van der Waals surface area contributed by atoms with Crippen LogP contribution in [0.3, 0.4) is 0 Å². The van der Waals surface area contributed by atoms with Gasteiger partial charge in [-0.3, -0.25) is 0 Å². The number of benzene rings is 2. The van der Waals surface area contributed by atoms with Gasteiger partial charge in [-0.05, 0) is 31.2 Å². The van der Waals surface area contributed by atoms with Crippen LogP contribution in [0.15, 0.2) is 58.3 Å². The number of piperazine rings is 1. The molecule has 0 amide bonds. The maximum atomic E-state index is 3.41. The molecule has 1 saturated heterocycles. The molecule has 112 valence electrons. The first-order valence-corrected chi connectivity index (χ1v) is 7.94. The molecule has 0 saturated carbocycles. The maximum absolute atomic E-state index is 3.41. The summed E-state index contributed by atoms with van der Waals surface area (Å²) >= 11 is 1.86. The molecular formula is C17H21BrN2S. The lowest BCUT2D eigenvalue weighted by molar-refractivity contribution is 0.587. The number of rotatable bonds is 3. The molecule has 21 heavy (non-hydrogen) atoms. The molecule has 0 aromatic heterocycles. The van der Waals surface area contributed by atoms with E-state index in [1.807, 2.05) is 11.8 Å². The average Bonchev–Trinajstić information content (AvgIpc) is 2.49. The van der Waals surface area contributed by atoms with Gasteiger partial charge in [-0.2, -0.15) is 0 Å². The van der Waals surface area contributed by atoms with E-state index in [0.717, 1.165) is 26.2 Å². The Morgan fingerprint density at radius 2 is 1.76 bits per heavy atom. The molecule has 0 aliphatic carbocycles. The molecule has 1 N–H and O–H groups in total. The van der Waals surface area contributed by atoms with Crippen molar-refractivity contribution >= 4 is 34.4 Å². The van der Waals surface area contributed by atoms with Crippen molar-refractivity contribution in [3.63, 3.8) is 0 Å². The monoisotopic (exact) mass is 364 g/mol. The lowest BCUT2D eigenvalue weighted by Gasteiger charge is -2.31. The predicted molar refractivity (Wildman–Crippen MR) is 97.1 cm³/mol. The van der Waals surface area contributed by atoms with Crippen molar-refractivity contribution < 1.29 is 0 Å². The summed E-state index contributed by atoms with van der Waals surface area (Å²) in [6.07, 6.45) is 0. The van der Waals surface area contributed by atoms with Crippen molar-refractivity contribution in [3.05, 3.63) is 54.1 Å². The van der Waals surface area contributed by atoms with Crippen LogP contribution in [0.5, 0.6) is 0 Å². The van der Waals surface area contributed by atoms with Crippen LogP contribution in [0, 0.1) is 6.92 Å². The standard InChI is InChI=1S/C17H20N2S.BrH/c1-14-5-4-6-15(13-14)20-17-8-3-2-7-16(17)19-11-9-18-10-12-19;/h2-8,13,18H,9-12H2,1H3;1H. The van der Waals surface area contributed by atoms with Crippen molar-refractivity contribution in [2.45, 2.75) is 16.7 Å². The highest BCUT2D eigenvalue weighted by Crippen LogP contribution is 2.35. The van der Waals surface area contributed by atoms with Gasteiger partial charge in [0.1, 0.15) is 0 Å². The summed E-state index contributed by atoms with van der Waals surface area (Å²) in [5.41, 5.74) is 2.68. The summed E-state index contributed by atoms with van der Waals surface area (Å²) in [5, 5.41) is 3.41. The third kappa shape index (κ3) is 4.25. The van der Waals surface area contributed by atoms with Crippen LogP contribution in [-0.4, -0.2) is 26.2 Å². The Labute approximate surface area is 141 Å². The SMILES string of the molecule is Br.Cc1cccc(Sc2ccccc2N2CCNCC2)c1. The van der Waals surface area contributed by atoms with Crippen LogP contribution in [-0.2, 0) is 0 Å². The molecule has 0 spiro atoms. The number of nitrogens with zero attached hydrogens (tertiary/aromatic N) is 1. The highest BCUT2D eigenvalue weighted by Gasteiger charge is 2.14. The molecule has 0 bridgehead atoms. The second-order valence-electron chi connectivity index (χ2n) is 5.12. The van der Waals surface area contributed by atoms with E-state index in [2.05, 4.69) is 65.7 Å². The Morgan fingerprint density at radius 3 is 2.52 bits per heavy atom. The van der Waals surface area contributed by atoms with E-state index in [-0.39, 0.29) is 17.0 Å². The molecule has 1 aliphatic heterocycles. The zero-order valence-corrected chi connectivity index (χ0v) is 14.7. The van der Waals surface area contributed by atoms with Crippen LogP contribution in [0.4, 0.5) is 5.69 Å². The minimum atomic E-state index is 0. The normalized spacial score (nSPS) is 14.6. The zero-order chi connectivity index (χ0) is 13.8. The highest BCUT2D eigenvalue weighted by molar-refractivity contribution is 8.93. The van der Waals surface area contributed by atoms with Gasteiger partial charge in [-0.25, -0.2) is 0 Å². The van der Waals surface area contributed by atoms with E-state index in [0.29, 0.717) is 0 Å². The minimum absolute atomic E-state index is 0. The second-order valence-corrected chi connectivity index (χ2v) is 6.24. The summed E-state index contributed by atoms with van der Waals surface area (Å²) in [6.45, 7) is 6.47. The number of para-hydroxylation sites is 1. The summed E-state index contributed by atoms with van der Waals surface area (Å²) < 4.78 is 0. The van der Waals surface area contributed by atoms with Gasteiger partial charge in [-0.1, -0.05) is 41.6 Å². The molecule has 1 fully saturated rings.